The Morgan fingerprint density at radius 2 is 1.93 bits per heavy atom. The molecule has 1 aliphatic rings. The van der Waals surface area contributed by atoms with Crippen LogP contribution in [0.25, 0.3) is 4.85 Å². The van der Waals surface area contributed by atoms with Gasteiger partial charge >= 0.3 is 6.18 Å². The number of rotatable bonds is 8. The average molecular weight is 417 g/mol. The van der Waals surface area contributed by atoms with E-state index in [0.29, 0.717) is 36.1 Å². The summed E-state index contributed by atoms with van der Waals surface area (Å²) in [7, 11) is 0. The van der Waals surface area contributed by atoms with E-state index in [9.17, 15) is 18.0 Å². The molecule has 3 rings (SSSR count). The quantitative estimate of drug-likeness (QED) is 0.576. The van der Waals surface area contributed by atoms with Gasteiger partial charge in [-0.15, -0.1) is 0 Å². The lowest BCUT2D eigenvalue weighted by molar-refractivity contribution is -0.136. The van der Waals surface area contributed by atoms with Gasteiger partial charge in [0, 0.05) is 24.8 Å². The van der Waals surface area contributed by atoms with Crippen LogP contribution in [0.15, 0.2) is 42.5 Å². The first-order chi connectivity index (χ1) is 14.3. The molecular weight excluding hydrogens is 395 g/mol. The van der Waals surface area contributed by atoms with Gasteiger partial charge in [0.25, 0.3) is 0 Å². The molecule has 5 nitrogen and oxygen atoms in total. The minimum atomic E-state index is -4.58. The molecule has 0 saturated heterocycles. The number of amides is 1. The normalized spacial score (nSPS) is 13.4. The number of hydrogen-bond donors (Lipinski definition) is 1. The molecule has 0 radical (unpaired) electrons. The van der Waals surface area contributed by atoms with Crippen molar-refractivity contribution < 1.29 is 22.7 Å². The van der Waals surface area contributed by atoms with Gasteiger partial charge in [-0.2, -0.15) is 13.2 Å². The Hall–Kier alpha value is -3.21. The van der Waals surface area contributed by atoms with Crippen molar-refractivity contribution in [2.45, 2.75) is 25.9 Å². The number of halogens is 3. The van der Waals surface area contributed by atoms with Crippen LogP contribution >= 0.6 is 0 Å². The lowest BCUT2D eigenvalue weighted by Crippen LogP contribution is -2.30. The molecule has 0 heterocycles. The van der Waals surface area contributed by atoms with Gasteiger partial charge in [-0.25, -0.2) is 4.85 Å². The first-order valence-electron chi connectivity index (χ1n) is 9.60. The molecule has 2 aromatic rings. The van der Waals surface area contributed by atoms with E-state index in [0.717, 1.165) is 18.9 Å². The van der Waals surface area contributed by atoms with Crippen molar-refractivity contribution in [3.63, 3.8) is 0 Å². The van der Waals surface area contributed by atoms with Crippen LogP contribution in [0.4, 0.5) is 30.2 Å². The molecule has 1 amide bonds. The number of alkyl halides is 3. The molecule has 0 aliphatic heterocycles. The molecule has 30 heavy (non-hydrogen) atoms. The Morgan fingerprint density at radius 1 is 1.23 bits per heavy atom. The standard InChI is InChI=1S/C22H22F3N3O2/c1-15(29)27-17-5-8-19(9-6-17)30-12-11-28(14-16-3-4-16)18-7-10-21(26-2)20(13-18)22(23,24)25/h5-10,13,16H,3-4,11-12,14H2,1H3,(H,27,29). The molecule has 2 aromatic carbocycles. The summed E-state index contributed by atoms with van der Waals surface area (Å²) < 4.78 is 45.7. The van der Waals surface area contributed by atoms with E-state index in [1.807, 2.05) is 4.90 Å². The van der Waals surface area contributed by atoms with Gasteiger partial charge in [-0.3, -0.25) is 4.79 Å². The molecule has 1 aliphatic carbocycles. The van der Waals surface area contributed by atoms with E-state index in [1.54, 1.807) is 30.3 Å². The predicted octanol–water partition coefficient (Wildman–Crippen LogP) is 5.51. The largest absolute Gasteiger partial charge is 0.492 e. The zero-order valence-corrected chi connectivity index (χ0v) is 16.5. The van der Waals surface area contributed by atoms with Crippen LogP contribution < -0.4 is 15.0 Å². The maximum atomic E-state index is 13.3. The molecule has 0 unspecified atom stereocenters. The van der Waals surface area contributed by atoms with Crippen molar-refractivity contribution in [3.8, 4) is 5.75 Å². The number of nitrogens with one attached hydrogen (secondary N) is 1. The average Bonchev–Trinajstić information content (AvgIpc) is 3.51. The third-order valence-corrected chi connectivity index (χ3v) is 4.75. The smallest absolute Gasteiger partial charge is 0.407 e. The van der Waals surface area contributed by atoms with E-state index >= 15 is 0 Å². The first kappa shape index (κ1) is 21.5. The van der Waals surface area contributed by atoms with Crippen LogP contribution in [0.2, 0.25) is 0 Å². The molecule has 0 bridgehead atoms. The van der Waals surface area contributed by atoms with Crippen molar-refractivity contribution >= 4 is 23.0 Å². The minimum Gasteiger partial charge on any atom is -0.492 e. The Bertz CT molecular complexity index is 932. The van der Waals surface area contributed by atoms with Gasteiger partial charge in [0.1, 0.15) is 12.4 Å². The van der Waals surface area contributed by atoms with Crippen molar-refractivity contribution in [1.29, 1.82) is 0 Å². The summed E-state index contributed by atoms with van der Waals surface area (Å²) in [6.45, 7) is 9.77. The number of ether oxygens (including phenoxy) is 1. The van der Waals surface area contributed by atoms with E-state index in [2.05, 4.69) is 10.2 Å². The molecule has 158 valence electrons. The van der Waals surface area contributed by atoms with Gasteiger partial charge in [-0.05, 0) is 55.2 Å². The highest BCUT2D eigenvalue weighted by molar-refractivity contribution is 5.88. The summed E-state index contributed by atoms with van der Waals surface area (Å²) in [6, 6.07) is 10.7. The fraction of sp³-hybridized carbons (Fsp3) is 0.364. The molecule has 8 heteroatoms. The predicted molar refractivity (Wildman–Crippen MR) is 109 cm³/mol. The number of carbonyl (C=O) groups is 1. The Kier molecular flexibility index (Phi) is 6.50. The lowest BCUT2D eigenvalue weighted by atomic mass is 10.1. The summed E-state index contributed by atoms with van der Waals surface area (Å²) in [5.74, 6) is 0.911. The third-order valence-electron chi connectivity index (χ3n) is 4.75. The molecule has 0 atom stereocenters. The van der Waals surface area contributed by atoms with Crippen LogP contribution in [0.3, 0.4) is 0 Å². The highest BCUT2D eigenvalue weighted by atomic mass is 19.4. The molecule has 1 N–H and O–H groups in total. The highest BCUT2D eigenvalue weighted by Gasteiger charge is 2.34. The first-order valence-corrected chi connectivity index (χ1v) is 9.60. The molecule has 1 saturated carbocycles. The van der Waals surface area contributed by atoms with Gasteiger partial charge < -0.3 is 15.0 Å². The van der Waals surface area contributed by atoms with Crippen LogP contribution in [-0.2, 0) is 11.0 Å². The van der Waals surface area contributed by atoms with Crippen LogP contribution in [0, 0.1) is 12.5 Å². The van der Waals surface area contributed by atoms with Crippen LogP contribution in [-0.4, -0.2) is 25.6 Å². The maximum absolute atomic E-state index is 13.3. The number of carbonyl (C=O) groups excluding carboxylic acids is 1. The van der Waals surface area contributed by atoms with Gasteiger partial charge in [0.15, 0.2) is 5.69 Å². The Morgan fingerprint density at radius 3 is 2.50 bits per heavy atom. The Balaban J connectivity index is 1.68. The summed E-state index contributed by atoms with van der Waals surface area (Å²) in [6.07, 6.45) is -2.45. The van der Waals surface area contributed by atoms with Crippen molar-refractivity contribution in [2.75, 3.05) is 29.9 Å². The second kappa shape index (κ2) is 9.08. The zero-order valence-electron chi connectivity index (χ0n) is 16.5. The molecule has 1 fully saturated rings. The van der Waals surface area contributed by atoms with Gasteiger partial charge in [-0.1, -0.05) is 6.07 Å². The fourth-order valence-corrected chi connectivity index (χ4v) is 3.09. The second-order valence-electron chi connectivity index (χ2n) is 7.25. The van der Waals surface area contributed by atoms with E-state index < -0.39 is 17.4 Å². The Labute approximate surface area is 173 Å². The summed E-state index contributed by atoms with van der Waals surface area (Å²) in [5.41, 5.74) is -0.213. The maximum Gasteiger partial charge on any atom is 0.407 e. The lowest BCUT2D eigenvalue weighted by Gasteiger charge is -2.26. The summed E-state index contributed by atoms with van der Waals surface area (Å²) in [5, 5.41) is 2.67. The summed E-state index contributed by atoms with van der Waals surface area (Å²) >= 11 is 0. The molecular formula is C22H22F3N3O2. The van der Waals surface area contributed by atoms with Gasteiger partial charge in [0.2, 0.25) is 5.91 Å². The van der Waals surface area contributed by atoms with Crippen molar-refractivity contribution in [2.24, 2.45) is 5.92 Å². The molecule has 0 spiro atoms. The van der Waals surface area contributed by atoms with E-state index in [4.69, 9.17) is 11.3 Å². The number of anilines is 2. The third kappa shape index (κ3) is 5.89. The second-order valence-corrected chi connectivity index (χ2v) is 7.25. The highest BCUT2D eigenvalue weighted by Crippen LogP contribution is 2.39. The van der Waals surface area contributed by atoms with Crippen LogP contribution in [0.1, 0.15) is 25.3 Å². The monoisotopic (exact) mass is 417 g/mol. The number of benzene rings is 2. The SMILES string of the molecule is [C-]#[N+]c1ccc(N(CCOc2ccc(NC(C)=O)cc2)CC2CC2)cc1C(F)(F)F. The number of hydrogen-bond acceptors (Lipinski definition) is 3. The van der Waals surface area contributed by atoms with Crippen LogP contribution in [0.5, 0.6) is 5.75 Å². The zero-order chi connectivity index (χ0) is 21.7. The minimum absolute atomic E-state index is 0.165. The summed E-state index contributed by atoms with van der Waals surface area (Å²) in [4.78, 5) is 15.9. The number of nitrogens with zero attached hydrogens (tertiary/aromatic N) is 2. The fourth-order valence-electron chi connectivity index (χ4n) is 3.09. The van der Waals surface area contributed by atoms with Crippen molar-refractivity contribution in [1.82, 2.24) is 0 Å². The van der Waals surface area contributed by atoms with E-state index in [-0.39, 0.29) is 12.5 Å². The molecule has 0 aromatic heterocycles. The topological polar surface area (TPSA) is 45.9 Å². The van der Waals surface area contributed by atoms with Gasteiger partial charge in [0.05, 0.1) is 18.7 Å². The van der Waals surface area contributed by atoms with E-state index in [1.165, 1.54) is 13.0 Å². The van der Waals surface area contributed by atoms with Crippen molar-refractivity contribution in [3.05, 3.63) is 59.4 Å².